The van der Waals surface area contributed by atoms with Crippen LogP contribution in [0.5, 0.6) is 0 Å². The highest BCUT2D eigenvalue weighted by Gasteiger charge is 2.44. The van der Waals surface area contributed by atoms with Crippen molar-refractivity contribution in [2.45, 2.75) is 20.3 Å². The fourth-order valence-corrected chi connectivity index (χ4v) is 1.36. The molecule has 1 aliphatic carbocycles. The fourth-order valence-electron chi connectivity index (χ4n) is 1.13. The van der Waals surface area contributed by atoms with E-state index in [1.807, 2.05) is 0 Å². The molecule has 1 rings (SSSR count). The van der Waals surface area contributed by atoms with Crippen molar-refractivity contribution in [3.63, 3.8) is 0 Å². The molecule has 3 heteroatoms. The van der Waals surface area contributed by atoms with E-state index in [1.54, 1.807) is 6.08 Å². The van der Waals surface area contributed by atoms with Crippen molar-refractivity contribution >= 4 is 17.6 Å². The molecule has 0 aromatic heterocycles. The van der Waals surface area contributed by atoms with Crippen LogP contribution in [0.15, 0.2) is 11.1 Å². The van der Waals surface area contributed by atoms with Crippen molar-refractivity contribution in [1.82, 2.24) is 0 Å². The molecule has 12 heavy (non-hydrogen) atoms. The lowest BCUT2D eigenvalue weighted by molar-refractivity contribution is -0.135. The molecule has 1 fully saturated rings. The zero-order chi connectivity index (χ0) is 9.35. The lowest BCUT2D eigenvalue weighted by atomic mass is 10.1. The van der Waals surface area contributed by atoms with E-state index in [1.165, 1.54) is 7.11 Å². The van der Waals surface area contributed by atoms with Crippen LogP contribution >= 0.6 is 11.6 Å². The molecular formula is C9H13ClO2. The smallest absolute Gasteiger partial charge is 0.349 e. The average Bonchev–Trinajstić information content (AvgIpc) is 2.57. The van der Waals surface area contributed by atoms with E-state index in [0.717, 1.165) is 6.42 Å². The van der Waals surface area contributed by atoms with Crippen LogP contribution in [-0.4, -0.2) is 13.1 Å². The maximum Gasteiger partial charge on any atom is 0.349 e. The highest BCUT2D eigenvalue weighted by Crippen LogP contribution is 2.53. The number of carbonyl (C=O) groups is 1. The highest BCUT2D eigenvalue weighted by atomic mass is 35.5. The largest absolute Gasteiger partial charge is 0.465 e. The van der Waals surface area contributed by atoms with Crippen LogP contribution in [-0.2, 0) is 9.53 Å². The maximum absolute atomic E-state index is 10.9. The summed E-state index contributed by atoms with van der Waals surface area (Å²) in [4.78, 5) is 10.9. The van der Waals surface area contributed by atoms with E-state index in [4.69, 9.17) is 11.6 Å². The van der Waals surface area contributed by atoms with Gasteiger partial charge in [0.15, 0.2) is 0 Å². The number of rotatable bonds is 2. The molecule has 0 amide bonds. The summed E-state index contributed by atoms with van der Waals surface area (Å²) in [6.07, 6.45) is 2.88. The van der Waals surface area contributed by atoms with Gasteiger partial charge in [-0.15, -0.1) is 0 Å². The van der Waals surface area contributed by atoms with Gasteiger partial charge in [0, 0.05) is 0 Å². The van der Waals surface area contributed by atoms with Gasteiger partial charge in [0.1, 0.15) is 5.03 Å². The minimum absolute atomic E-state index is 0.202. The number of carbonyl (C=O) groups excluding carboxylic acids is 1. The predicted molar refractivity (Wildman–Crippen MR) is 47.8 cm³/mol. The Hall–Kier alpha value is -0.500. The van der Waals surface area contributed by atoms with E-state index < -0.39 is 5.97 Å². The summed E-state index contributed by atoms with van der Waals surface area (Å²) in [7, 11) is 1.33. The van der Waals surface area contributed by atoms with Crippen molar-refractivity contribution in [3.8, 4) is 0 Å². The van der Waals surface area contributed by atoms with Gasteiger partial charge in [-0.3, -0.25) is 0 Å². The molecule has 0 spiro atoms. The lowest BCUT2D eigenvalue weighted by Gasteiger charge is -1.98. The molecule has 0 bridgehead atoms. The zero-order valence-corrected chi connectivity index (χ0v) is 8.31. The van der Waals surface area contributed by atoms with Crippen LogP contribution in [0.25, 0.3) is 0 Å². The second kappa shape index (κ2) is 3.09. The molecule has 0 N–H and O–H groups in total. The first kappa shape index (κ1) is 9.59. The van der Waals surface area contributed by atoms with Gasteiger partial charge in [-0.1, -0.05) is 31.5 Å². The highest BCUT2D eigenvalue weighted by molar-refractivity contribution is 6.41. The van der Waals surface area contributed by atoms with Gasteiger partial charge in [-0.25, -0.2) is 4.79 Å². The summed E-state index contributed by atoms with van der Waals surface area (Å²) < 4.78 is 4.47. The molecule has 1 saturated carbocycles. The van der Waals surface area contributed by atoms with Crippen LogP contribution in [0.3, 0.4) is 0 Å². The zero-order valence-electron chi connectivity index (χ0n) is 7.56. The molecule has 1 aliphatic rings. The number of esters is 1. The first-order chi connectivity index (χ1) is 5.47. The quantitative estimate of drug-likeness (QED) is 0.491. The summed E-state index contributed by atoms with van der Waals surface area (Å²) in [6.45, 7) is 4.30. The van der Waals surface area contributed by atoms with E-state index in [-0.39, 0.29) is 5.03 Å². The van der Waals surface area contributed by atoms with Gasteiger partial charge in [-0.05, 0) is 17.8 Å². The number of ether oxygens (including phenoxy) is 1. The van der Waals surface area contributed by atoms with Crippen molar-refractivity contribution in [2.24, 2.45) is 11.3 Å². The van der Waals surface area contributed by atoms with E-state index in [2.05, 4.69) is 18.6 Å². The van der Waals surface area contributed by atoms with Gasteiger partial charge in [0.2, 0.25) is 0 Å². The summed E-state index contributed by atoms with van der Waals surface area (Å²) in [5, 5.41) is 0.202. The van der Waals surface area contributed by atoms with Crippen molar-refractivity contribution in [3.05, 3.63) is 11.1 Å². The van der Waals surface area contributed by atoms with Gasteiger partial charge in [0.05, 0.1) is 7.11 Å². The minimum Gasteiger partial charge on any atom is -0.465 e. The average molecular weight is 189 g/mol. The Kier molecular flexibility index (Phi) is 2.47. The van der Waals surface area contributed by atoms with Crippen LogP contribution < -0.4 is 0 Å². The van der Waals surface area contributed by atoms with Crippen LogP contribution in [0, 0.1) is 11.3 Å². The Morgan fingerprint density at radius 2 is 2.17 bits per heavy atom. The number of halogens is 1. The number of hydrogen-bond acceptors (Lipinski definition) is 2. The predicted octanol–water partition coefficient (Wildman–Crippen LogP) is 2.33. The summed E-state index contributed by atoms with van der Waals surface area (Å²) in [5.41, 5.74) is 0.314. The Morgan fingerprint density at radius 3 is 2.50 bits per heavy atom. The molecule has 2 nitrogen and oxygen atoms in total. The molecular weight excluding hydrogens is 176 g/mol. The van der Waals surface area contributed by atoms with E-state index in [9.17, 15) is 4.79 Å². The van der Waals surface area contributed by atoms with Crippen molar-refractivity contribution in [1.29, 1.82) is 0 Å². The molecule has 0 saturated heterocycles. The first-order valence-electron chi connectivity index (χ1n) is 3.93. The van der Waals surface area contributed by atoms with Crippen LogP contribution in [0.2, 0.25) is 0 Å². The van der Waals surface area contributed by atoms with Crippen LogP contribution in [0.4, 0.5) is 0 Å². The summed E-state index contributed by atoms with van der Waals surface area (Å²) in [6, 6.07) is 0. The summed E-state index contributed by atoms with van der Waals surface area (Å²) in [5.74, 6) is -0.0107. The Labute approximate surface area is 77.5 Å². The number of hydrogen-bond donors (Lipinski definition) is 0. The fraction of sp³-hybridized carbons (Fsp3) is 0.667. The molecule has 0 aromatic carbocycles. The monoisotopic (exact) mass is 188 g/mol. The molecule has 1 unspecified atom stereocenters. The molecule has 0 heterocycles. The lowest BCUT2D eigenvalue weighted by Crippen LogP contribution is -2.00. The van der Waals surface area contributed by atoms with Gasteiger partial charge in [-0.2, -0.15) is 0 Å². The number of allylic oxidation sites excluding steroid dienone is 1. The standard InChI is InChI=1S/C9H13ClO2/c1-9(2)5-6(9)4-7(10)8(11)12-3/h4,6H,5H2,1-3H3. The van der Waals surface area contributed by atoms with Gasteiger partial charge in [0.25, 0.3) is 0 Å². The Morgan fingerprint density at radius 1 is 1.67 bits per heavy atom. The van der Waals surface area contributed by atoms with Crippen molar-refractivity contribution in [2.75, 3.05) is 7.11 Å². The molecule has 0 aromatic rings. The molecule has 0 aliphatic heterocycles. The Balaban J connectivity index is 2.54. The van der Waals surface area contributed by atoms with Gasteiger partial charge < -0.3 is 4.74 Å². The molecule has 0 radical (unpaired) electrons. The van der Waals surface area contributed by atoms with Crippen LogP contribution in [0.1, 0.15) is 20.3 Å². The van der Waals surface area contributed by atoms with E-state index in [0.29, 0.717) is 11.3 Å². The van der Waals surface area contributed by atoms with Crippen molar-refractivity contribution < 1.29 is 9.53 Å². The third-order valence-corrected chi connectivity index (χ3v) is 2.60. The van der Waals surface area contributed by atoms with E-state index >= 15 is 0 Å². The van der Waals surface area contributed by atoms with Gasteiger partial charge >= 0.3 is 5.97 Å². The third-order valence-electron chi connectivity index (χ3n) is 2.32. The molecule has 68 valence electrons. The minimum atomic E-state index is -0.445. The second-order valence-corrected chi connectivity index (χ2v) is 4.21. The Bertz CT molecular complexity index is 231. The number of methoxy groups -OCH3 is 1. The first-order valence-corrected chi connectivity index (χ1v) is 4.31. The second-order valence-electron chi connectivity index (χ2n) is 3.81. The summed E-state index contributed by atoms with van der Waals surface area (Å²) >= 11 is 5.68. The normalized spacial score (nSPS) is 26.7. The third kappa shape index (κ3) is 2.01. The SMILES string of the molecule is COC(=O)C(Cl)=CC1CC1(C)C. The topological polar surface area (TPSA) is 26.3 Å². The maximum atomic E-state index is 10.9. The molecule has 1 atom stereocenters.